The van der Waals surface area contributed by atoms with Crippen LogP contribution < -0.4 is 0 Å². The molecule has 0 heterocycles. The fourth-order valence-electron chi connectivity index (χ4n) is 2.27. The third-order valence-corrected chi connectivity index (χ3v) is 7.86. The number of benzene rings is 3. The van der Waals surface area contributed by atoms with Crippen molar-refractivity contribution in [1.82, 2.24) is 0 Å². The van der Waals surface area contributed by atoms with Crippen LogP contribution in [0.1, 0.15) is 16.7 Å². The first-order valence-corrected chi connectivity index (χ1v) is 11.2. The fourth-order valence-corrected chi connectivity index (χ4v) is 5.77. The van der Waals surface area contributed by atoms with Crippen molar-refractivity contribution in [3.8, 4) is 0 Å². The Bertz CT molecular complexity index is 723. The molecule has 0 spiro atoms. The summed E-state index contributed by atoms with van der Waals surface area (Å²) < 4.78 is 1.44. The summed E-state index contributed by atoms with van der Waals surface area (Å²) in [5, 5.41) is 0. The van der Waals surface area contributed by atoms with Gasteiger partial charge < -0.3 is 0 Å². The molecular formula is C22H21S3+. The summed E-state index contributed by atoms with van der Waals surface area (Å²) in [4.78, 5) is 0. The first-order chi connectivity index (χ1) is 12.4. The molecule has 0 unspecified atom stereocenters. The number of rotatable bonds is 6. The molecule has 3 aromatic carbocycles. The van der Waals surface area contributed by atoms with Gasteiger partial charge in [0.15, 0.2) is 0 Å². The van der Waals surface area contributed by atoms with E-state index in [9.17, 15) is 0 Å². The number of hydrogen-bond acceptors (Lipinski definition) is 2. The zero-order valence-corrected chi connectivity index (χ0v) is 16.5. The lowest BCUT2D eigenvalue weighted by Crippen LogP contribution is -1.94. The molecule has 3 aromatic rings. The predicted molar refractivity (Wildman–Crippen MR) is 118 cm³/mol. The molecule has 0 atom stereocenters. The van der Waals surface area contributed by atoms with Crippen LogP contribution in [0.2, 0.25) is 0 Å². The fraction of sp³-hybridized carbons (Fsp3) is 0.136. The molecule has 25 heavy (non-hydrogen) atoms. The Balaban J connectivity index is 1.64. The highest BCUT2D eigenvalue weighted by Gasteiger charge is 2.14. The van der Waals surface area contributed by atoms with E-state index in [1.807, 2.05) is 34.9 Å². The summed E-state index contributed by atoms with van der Waals surface area (Å²) in [6.07, 6.45) is 0. The molecule has 126 valence electrons. The second-order valence-electron chi connectivity index (χ2n) is 5.57. The maximum absolute atomic E-state index is 2.20. The van der Waals surface area contributed by atoms with Gasteiger partial charge in [-0.3, -0.25) is 0 Å². The van der Waals surface area contributed by atoms with Gasteiger partial charge in [0, 0.05) is 17.1 Å². The standard InChI is InChI=1S/C22H21S3/c1-4-10-19(11-5-1)16-23-22(24-17-20-12-6-2-7-13-20)25-18-21-14-8-3-9-15-21/h1-15H,16-18H2/q+1. The van der Waals surface area contributed by atoms with E-state index in [1.54, 1.807) is 0 Å². The van der Waals surface area contributed by atoms with E-state index in [0.717, 1.165) is 17.3 Å². The Hall–Kier alpha value is -1.55. The minimum Gasteiger partial charge on any atom is -0.0622 e. The van der Waals surface area contributed by atoms with E-state index in [0.29, 0.717) is 0 Å². The molecule has 0 aromatic heterocycles. The van der Waals surface area contributed by atoms with Gasteiger partial charge in [-0.2, -0.15) is 0 Å². The lowest BCUT2D eigenvalue weighted by molar-refractivity contribution is 1.42. The number of hydrogen-bond donors (Lipinski definition) is 0. The van der Waals surface area contributed by atoms with Gasteiger partial charge in [0.2, 0.25) is 17.1 Å². The Morgan fingerprint density at radius 1 is 0.560 bits per heavy atom. The lowest BCUT2D eigenvalue weighted by atomic mass is 10.2. The zero-order valence-electron chi connectivity index (χ0n) is 14.0. The Labute approximate surface area is 163 Å². The Kier molecular flexibility index (Phi) is 7.62. The van der Waals surface area contributed by atoms with Crippen LogP contribution in [0.25, 0.3) is 0 Å². The second-order valence-corrected chi connectivity index (χ2v) is 9.30. The van der Waals surface area contributed by atoms with E-state index in [4.69, 9.17) is 0 Å². The van der Waals surface area contributed by atoms with E-state index < -0.39 is 0 Å². The van der Waals surface area contributed by atoms with Crippen LogP contribution in [0.3, 0.4) is 0 Å². The highest BCUT2D eigenvalue weighted by Crippen LogP contribution is 2.24. The van der Waals surface area contributed by atoms with E-state index >= 15 is 0 Å². The van der Waals surface area contributed by atoms with Crippen molar-refractivity contribution in [1.29, 1.82) is 0 Å². The summed E-state index contributed by atoms with van der Waals surface area (Å²) >= 11 is 5.87. The van der Waals surface area contributed by atoms with E-state index in [1.165, 1.54) is 20.2 Å². The average molecular weight is 382 g/mol. The first-order valence-electron chi connectivity index (χ1n) is 8.27. The van der Waals surface area contributed by atoms with Crippen LogP contribution in [-0.4, -0.2) is 3.53 Å². The zero-order chi connectivity index (χ0) is 17.2. The monoisotopic (exact) mass is 381 g/mol. The van der Waals surface area contributed by atoms with Crippen LogP contribution >= 0.6 is 23.5 Å². The third-order valence-electron chi connectivity index (χ3n) is 3.60. The minimum atomic E-state index is 1.03. The molecule has 0 amide bonds. The van der Waals surface area contributed by atoms with Crippen molar-refractivity contribution in [2.45, 2.75) is 17.3 Å². The smallest absolute Gasteiger partial charge is 0.0622 e. The van der Waals surface area contributed by atoms with Crippen molar-refractivity contribution < 1.29 is 0 Å². The van der Waals surface area contributed by atoms with Crippen LogP contribution in [0.15, 0.2) is 91.0 Å². The van der Waals surface area contributed by atoms with Crippen LogP contribution in [0, 0.1) is 0 Å². The van der Waals surface area contributed by atoms with Gasteiger partial charge in [0.05, 0.1) is 0 Å². The van der Waals surface area contributed by atoms with Crippen molar-refractivity contribution in [2.24, 2.45) is 0 Å². The molecule has 0 aliphatic carbocycles. The van der Waals surface area contributed by atoms with Crippen LogP contribution in [0.5, 0.6) is 0 Å². The van der Waals surface area contributed by atoms with Crippen LogP contribution in [0.4, 0.5) is 0 Å². The molecule has 0 fully saturated rings. The average Bonchev–Trinajstić information content (AvgIpc) is 2.70. The molecule has 0 nitrogen and oxygen atoms in total. The molecule has 0 saturated carbocycles. The quantitative estimate of drug-likeness (QED) is 0.367. The van der Waals surface area contributed by atoms with E-state index in [-0.39, 0.29) is 0 Å². The summed E-state index contributed by atoms with van der Waals surface area (Å²) in [7, 11) is 0. The summed E-state index contributed by atoms with van der Waals surface area (Å²) in [5.74, 6) is 3.08. The van der Waals surface area contributed by atoms with Gasteiger partial charge in [-0.15, -0.1) is 0 Å². The summed E-state index contributed by atoms with van der Waals surface area (Å²) in [6.45, 7) is 0. The molecule has 0 bridgehead atoms. The highest BCUT2D eigenvalue weighted by atomic mass is 32.2. The molecule has 0 aliphatic rings. The van der Waals surface area contributed by atoms with Gasteiger partial charge >= 0.3 is 0 Å². The molecule has 0 saturated heterocycles. The SMILES string of the molecule is c1ccc(CSC(SCc2ccccc2)=[S+]Cc2ccccc2)cc1. The molecule has 3 heteroatoms. The predicted octanol–water partition coefficient (Wildman–Crippen LogP) is 6.22. The maximum Gasteiger partial charge on any atom is 0.292 e. The molecule has 0 N–H and O–H groups in total. The van der Waals surface area contributed by atoms with Gasteiger partial charge in [0.25, 0.3) is 3.53 Å². The molecule has 0 aliphatic heterocycles. The van der Waals surface area contributed by atoms with Crippen LogP contribution in [-0.2, 0) is 28.6 Å². The molecular weight excluding hydrogens is 360 g/mol. The van der Waals surface area contributed by atoms with Crippen molar-refractivity contribution in [3.05, 3.63) is 108 Å². The minimum absolute atomic E-state index is 1.03. The largest absolute Gasteiger partial charge is 0.292 e. The van der Waals surface area contributed by atoms with Gasteiger partial charge in [-0.25, -0.2) is 0 Å². The van der Waals surface area contributed by atoms with Gasteiger partial charge in [0.1, 0.15) is 0 Å². The highest BCUT2D eigenvalue weighted by molar-refractivity contribution is 8.46. The van der Waals surface area contributed by atoms with Crippen molar-refractivity contribution in [2.75, 3.05) is 0 Å². The first kappa shape index (κ1) is 18.2. The Morgan fingerprint density at radius 3 is 1.40 bits per heavy atom. The normalized spacial score (nSPS) is 10.4. The van der Waals surface area contributed by atoms with Gasteiger partial charge in [-0.1, -0.05) is 115 Å². The number of thioether (sulfide) groups is 2. The molecule has 0 radical (unpaired) electrons. The topological polar surface area (TPSA) is 0 Å². The maximum atomic E-state index is 2.20. The van der Waals surface area contributed by atoms with Gasteiger partial charge in [-0.05, 0) is 11.1 Å². The third kappa shape index (κ3) is 6.69. The second kappa shape index (κ2) is 10.4. The summed E-state index contributed by atoms with van der Waals surface area (Å²) in [5.41, 5.74) is 4.14. The summed E-state index contributed by atoms with van der Waals surface area (Å²) in [6, 6.07) is 32.1. The lowest BCUT2D eigenvalue weighted by Gasteiger charge is -2.01. The molecule has 3 rings (SSSR count). The Morgan fingerprint density at radius 2 is 0.960 bits per heavy atom. The van der Waals surface area contributed by atoms with E-state index in [2.05, 4.69) is 91.0 Å². The van der Waals surface area contributed by atoms with Crippen molar-refractivity contribution >= 4 is 38.4 Å². The van der Waals surface area contributed by atoms with Crippen molar-refractivity contribution in [3.63, 3.8) is 0 Å².